The number of nitrogens with one attached hydrogen (secondary N) is 1. The smallest absolute Gasteiger partial charge is 0.321 e. The number of aromatic nitrogens is 1. The van der Waals surface area contributed by atoms with Gasteiger partial charge in [-0.25, -0.2) is 0 Å². The summed E-state index contributed by atoms with van der Waals surface area (Å²) in [5, 5.41) is 10.2. The number of rotatable bonds is 5. The molecule has 0 saturated carbocycles. The van der Waals surface area contributed by atoms with Crippen LogP contribution in [0.2, 0.25) is 0 Å². The van der Waals surface area contributed by atoms with Gasteiger partial charge in [0.25, 0.3) is 0 Å². The van der Waals surface area contributed by atoms with Crippen LogP contribution in [0.3, 0.4) is 0 Å². The van der Waals surface area contributed by atoms with Gasteiger partial charge in [-0.2, -0.15) is 0 Å². The van der Waals surface area contributed by atoms with E-state index >= 15 is 0 Å². The van der Waals surface area contributed by atoms with E-state index in [1.165, 1.54) is 0 Å². The number of hydrogen-bond acceptors (Lipinski definition) is 2. The minimum Gasteiger partial charge on any atom is -0.480 e. The zero-order valence-electron chi connectivity index (χ0n) is 11.3. The van der Waals surface area contributed by atoms with Crippen molar-refractivity contribution in [3.05, 3.63) is 35.5 Å². The van der Waals surface area contributed by atoms with E-state index in [1.54, 1.807) is 0 Å². The molecule has 0 aliphatic rings. The quantitative estimate of drug-likeness (QED) is 0.773. The third-order valence-corrected chi connectivity index (χ3v) is 3.59. The summed E-state index contributed by atoms with van der Waals surface area (Å²) in [7, 11) is 0. The third-order valence-electron chi connectivity index (χ3n) is 3.59. The molecule has 1 aromatic heterocycles. The molecule has 4 nitrogen and oxygen atoms in total. The van der Waals surface area contributed by atoms with E-state index in [0.29, 0.717) is 0 Å². The highest BCUT2D eigenvalue weighted by molar-refractivity contribution is 5.86. The molecule has 0 radical (unpaired) electrons. The highest BCUT2D eigenvalue weighted by Crippen LogP contribution is 2.31. The van der Waals surface area contributed by atoms with Gasteiger partial charge in [0.15, 0.2) is 0 Å². The first-order chi connectivity index (χ1) is 9.04. The lowest BCUT2D eigenvalue weighted by molar-refractivity contribution is -0.139. The Bertz CT molecular complexity index is 589. The molecule has 0 aliphatic heterocycles. The highest BCUT2D eigenvalue weighted by Gasteiger charge is 2.27. The number of hydrogen-bond donors (Lipinski definition) is 3. The van der Waals surface area contributed by atoms with E-state index in [1.807, 2.05) is 32.2 Å². The Kier molecular flexibility index (Phi) is 3.90. The second-order valence-corrected chi connectivity index (χ2v) is 5.05. The molecule has 1 aromatic carbocycles. The number of nitrogens with two attached hydrogens (primary N) is 1. The molecule has 0 saturated heterocycles. The number of fused-ring (bicyclic) bond motifs is 1. The molecule has 19 heavy (non-hydrogen) atoms. The monoisotopic (exact) mass is 260 g/mol. The van der Waals surface area contributed by atoms with Crippen LogP contribution in [-0.4, -0.2) is 22.1 Å². The van der Waals surface area contributed by atoms with Crippen LogP contribution in [0, 0.1) is 6.92 Å². The summed E-state index contributed by atoms with van der Waals surface area (Å²) < 4.78 is 0. The molecule has 2 rings (SSSR count). The summed E-state index contributed by atoms with van der Waals surface area (Å²) in [6.07, 6.45) is 3.58. The van der Waals surface area contributed by atoms with Crippen LogP contribution in [0.5, 0.6) is 0 Å². The number of aliphatic carboxylic acids is 1. The lowest BCUT2D eigenvalue weighted by Gasteiger charge is -2.20. The van der Waals surface area contributed by atoms with Crippen LogP contribution in [0.25, 0.3) is 10.9 Å². The molecular weight excluding hydrogens is 240 g/mol. The van der Waals surface area contributed by atoms with Gasteiger partial charge >= 0.3 is 5.97 Å². The number of aryl methyl sites for hydroxylation is 1. The fourth-order valence-electron chi connectivity index (χ4n) is 2.57. The van der Waals surface area contributed by atoms with Crippen LogP contribution < -0.4 is 5.73 Å². The van der Waals surface area contributed by atoms with Gasteiger partial charge in [-0.3, -0.25) is 4.79 Å². The van der Waals surface area contributed by atoms with Gasteiger partial charge in [0.2, 0.25) is 0 Å². The molecule has 0 spiro atoms. The molecule has 2 aromatic rings. The van der Waals surface area contributed by atoms with Crippen LogP contribution in [0.1, 0.15) is 36.8 Å². The Morgan fingerprint density at radius 3 is 2.84 bits per heavy atom. The molecule has 1 heterocycles. The lowest BCUT2D eigenvalue weighted by atomic mass is 9.87. The predicted molar refractivity (Wildman–Crippen MR) is 76.3 cm³/mol. The first-order valence-corrected chi connectivity index (χ1v) is 6.60. The largest absolute Gasteiger partial charge is 0.480 e. The van der Waals surface area contributed by atoms with Crippen LogP contribution in [-0.2, 0) is 4.79 Å². The molecule has 0 aliphatic carbocycles. The number of benzene rings is 1. The Morgan fingerprint density at radius 1 is 1.47 bits per heavy atom. The molecule has 102 valence electrons. The van der Waals surface area contributed by atoms with Crippen LogP contribution >= 0.6 is 0 Å². The van der Waals surface area contributed by atoms with Crippen molar-refractivity contribution >= 4 is 16.9 Å². The summed E-state index contributed by atoms with van der Waals surface area (Å²) in [5.41, 5.74) is 9.05. The van der Waals surface area contributed by atoms with Gasteiger partial charge in [0.05, 0.1) is 0 Å². The van der Waals surface area contributed by atoms with Crippen molar-refractivity contribution < 1.29 is 9.90 Å². The molecule has 2 atom stereocenters. The van der Waals surface area contributed by atoms with Crippen LogP contribution in [0.15, 0.2) is 24.4 Å². The van der Waals surface area contributed by atoms with Gasteiger partial charge in [0, 0.05) is 23.0 Å². The number of carboxylic acids is 1. The van der Waals surface area contributed by atoms with Crippen molar-refractivity contribution in [3.63, 3.8) is 0 Å². The maximum Gasteiger partial charge on any atom is 0.321 e. The van der Waals surface area contributed by atoms with E-state index in [2.05, 4.69) is 11.1 Å². The van der Waals surface area contributed by atoms with Gasteiger partial charge in [-0.15, -0.1) is 0 Å². The third kappa shape index (κ3) is 2.63. The summed E-state index contributed by atoms with van der Waals surface area (Å²) >= 11 is 0. The number of aromatic amines is 1. The lowest BCUT2D eigenvalue weighted by Crippen LogP contribution is -2.36. The summed E-state index contributed by atoms with van der Waals surface area (Å²) in [6, 6.07) is 5.27. The number of H-pyrrole nitrogens is 1. The molecule has 4 N–H and O–H groups in total. The van der Waals surface area contributed by atoms with E-state index in [4.69, 9.17) is 10.8 Å². The summed E-state index contributed by atoms with van der Waals surface area (Å²) in [5.74, 6) is -1.10. The van der Waals surface area contributed by atoms with Gasteiger partial charge in [-0.1, -0.05) is 25.0 Å². The Balaban J connectivity index is 2.49. The predicted octanol–water partition coefficient (Wildman–Crippen LogP) is 2.77. The van der Waals surface area contributed by atoms with Crippen molar-refractivity contribution in [2.75, 3.05) is 0 Å². The minimum absolute atomic E-state index is 0.155. The van der Waals surface area contributed by atoms with Crippen LogP contribution in [0.4, 0.5) is 0 Å². The molecule has 2 unspecified atom stereocenters. The summed E-state index contributed by atoms with van der Waals surface area (Å²) in [6.45, 7) is 4.07. The van der Waals surface area contributed by atoms with Gasteiger partial charge in [0.1, 0.15) is 6.04 Å². The van der Waals surface area contributed by atoms with E-state index in [0.717, 1.165) is 34.9 Å². The zero-order chi connectivity index (χ0) is 14.0. The zero-order valence-corrected chi connectivity index (χ0v) is 11.3. The summed E-state index contributed by atoms with van der Waals surface area (Å²) in [4.78, 5) is 14.4. The second kappa shape index (κ2) is 5.45. The first kappa shape index (κ1) is 13.6. The SMILES string of the molecule is CCCC(c1c[nH]c2ccc(C)cc12)C(N)C(=O)O. The molecule has 4 heteroatoms. The Morgan fingerprint density at radius 2 is 2.21 bits per heavy atom. The molecular formula is C15H20N2O2. The fourth-order valence-corrected chi connectivity index (χ4v) is 2.57. The maximum atomic E-state index is 11.2. The van der Waals surface area contributed by atoms with E-state index in [9.17, 15) is 4.79 Å². The fraction of sp³-hybridized carbons (Fsp3) is 0.400. The molecule has 0 bridgehead atoms. The van der Waals surface area contributed by atoms with E-state index in [-0.39, 0.29) is 5.92 Å². The van der Waals surface area contributed by atoms with Crippen molar-refractivity contribution in [1.29, 1.82) is 0 Å². The number of carboxylic acid groups (broad SMARTS) is 1. The van der Waals surface area contributed by atoms with Crippen molar-refractivity contribution in [1.82, 2.24) is 4.98 Å². The average Bonchev–Trinajstić information content (AvgIpc) is 2.77. The van der Waals surface area contributed by atoms with Crippen molar-refractivity contribution in [2.45, 2.75) is 38.6 Å². The molecule has 0 fully saturated rings. The maximum absolute atomic E-state index is 11.2. The minimum atomic E-state index is -0.944. The van der Waals surface area contributed by atoms with Crippen molar-refractivity contribution in [3.8, 4) is 0 Å². The number of carbonyl (C=O) groups is 1. The Hall–Kier alpha value is -1.81. The average molecular weight is 260 g/mol. The van der Waals surface area contributed by atoms with E-state index < -0.39 is 12.0 Å². The first-order valence-electron chi connectivity index (χ1n) is 6.60. The standard InChI is InChI=1S/C15H20N2O2/c1-3-4-10(14(16)15(18)19)12-8-17-13-6-5-9(2)7-11(12)13/h5-8,10,14,17H,3-4,16H2,1-2H3,(H,18,19). The van der Waals surface area contributed by atoms with Gasteiger partial charge in [-0.05, 0) is 31.0 Å². The highest BCUT2D eigenvalue weighted by atomic mass is 16.4. The molecule has 0 amide bonds. The Labute approximate surface area is 112 Å². The topological polar surface area (TPSA) is 79.1 Å². The van der Waals surface area contributed by atoms with Crippen molar-refractivity contribution in [2.24, 2.45) is 5.73 Å². The van der Waals surface area contributed by atoms with Gasteiger partial charge < -0.3 is 15.8 Å². The normalized spacial score (nSPS) is 14.5. The second-order valence-electron chi connectivity index (χ2n) is 5.05.